The number of hydrogen-bond acceptors (Lipinski definition) is 5. The normalized spacial score (nSPS) is 19.4. The average Bonchev–Trinajstić information content (AvgIpc) is 3.52. The van der Waals surface area contributed by atoms with Gasteiger partial charge in [-0.15, -0.1) is 11.8 Å². The zero-order valence-corrected chi connectivity index (χ0v) is 25.2. The lowest BCUT2D eigenvalue weighted by atomic mass is 9.87. The number of fused-ring (bicyclic) bond motifs is 1. The van der Waals surface area contributed by atoms with Crippen LogP contribution in [0.5, 0.6) is 0 Å². The Morgan fingerprint density at radius 3 is 2.58 bits per heavy atom. The van der Waals surface area contributed by atoms with Crippen LogP contribution in [0.3, 0.4) is 0 Å². The summed E-state index contributed by atoms with van der Waals surface area (Å²) in [7, 11) is 0. The number of nitrogens with one attached hydrogen (secondary N) is 1. The fourth-order valence-electron chi connectivity index (χ4n) is 5.61. The summed E-state index contributed by atoms with van der Waals surface area (Å²) in [5.74, 6) is 0.660. The molecule has 5 rings (SSSR count). The van der Waals surface area contributed by atoms with Crippen molar-refractivity contribution < 1.29 is 14.3 Å². The highest BCUT2D eigenvalue weighted by Gasteiger charge is 2.40. The van der Waals surface area contributed by atoms with E-state index in [4.69, 9.17) is 9.84 Å². The van der Waals surface area contributed by atoms with E-state index in [1.807, 2.05) is 4.68 Å². The standard InChI is InChI=1S/C32H40N4O3S/c1-20-9-7-10-23(16-20)29-28-30(32(4,5)6)34-36(25-13-12-21(2)15-22(25)3)31(28)35(27(38)19-40-29)18-26(37)33-17-24-11-8-14-39-24/h7,9-10,12-13,15-16,24,29H,8,11,14,17-19H2,1-6H3,(H,33,37)/t24-,29+/m0/s1. The monoisotopic (exact) mass is 560 g/mol. The van der Waals surface area contributed by atoms with Crippen LogP contribution in [0.25, 0.3) is 5.69 Å². The molecule has 1 aromatic heterocycles. The number of benzene rings is 2. The topological polar surface area (TPSA) is 76.5 Å². The summed E-state index contributed by atoms with van der Waals surface area (Å²) in [6.45, 7) is 13.8. The van der Waals surface area contributed by atoms with Crippen LogP contribution in [-0.2, 0) is 19.7 Å². The van der Waals surface area contributed by atoms with Crippen molar-refractivity contribution in [1.29, 1.82) is 0 Å². The van der Waals surface area contributed by atoms with Gasteiger partial charge in [0, 0.05) is 24.1 Å². The van der Waals surface area contributed by atoms with Crippen molar-refractivity contribution in [2.24, 2.45) is 0 Å². The van der Waals surface area contributed by atoms with Crippen LogP contribution < -0.4 is 10.2 Å². The first-order chi connectivity index (χ1) is 19.0. The molecule has 0 saturated carbocycles. The minimum Gasteiger partial charge on any atom is -0.376 e. The van der Waals surface area contributed by atoms with Crippen LogP contribution >= 0.6 is 11.8 Å². The van der Waals surface area contributed by atoms with Gasteiger partial charge in [-0.3, -0.25) is 14.5 Å². The van der Waals surface area contributed by atoms with Crippen molar-refractivity contribution in [2.45, 2.75) is 71.2 Å². The lowest BCUT2D eigenvalue weighted by Crippen LogP contribution is -2.44. The fourth-order valence-corrected chi connectivity index (χ4v) is 6.80. The third-order valence-corrected chi connectivity index (χ3v) is 8.83. The molecule has 3 heterocycles. The third-order valence-electron chi connectivity index (χ3n) is 7.58. The first kappa shape index (κ1) is 28.4. The van der Waals surface area contributed by atoms with E-state index in [1.165, 1.54) is 5.56 Å². The van der Waals surface area contributed by atoms with E-state index in [1.54, 1.807) is 16.7 Å². The number of carbonyl (C=O) groups excluding carboxylic acids is 2. The molecule has 1 fully saturated rings. The fraction of sp³-hybridized carbons (Fsp3) is 0.469. The summed E-state index contributed by atoms with van der Waals surface area (Å²) in [5.41, 5.74) is 7.06. The maximum atomic E-state index is 13.9. The molecule has 2 aliphatic heterocycles. The van der Waals surface area contributed by atoms with Crippen LogP contribution in [-0.4, -0.2) is 53.1 Å². The summed E-state index contributed by atoms with van der Waals surface area (Å²) in [5, 5.41) is 8.13. The first-order valence-corrected chi connectivity index (χ1v) is 15.2. The second-order valence-corrected chi connectivity index (χ2v) is 13.2. The number of nitrogens with zero attached hydrogens (tertiary/aromatic N) is 3. The molecule has 3 aromatic rings. The van der Waals surface area contributed by atoms with Gasteiger partial charge in [0.1, 0.15) is 12.4 Å². The molecule has 2 aliphatic rings. The summed E-state index contributed by atoms with van der Waals surface area (Å²) in [6.07, 6.45) is 1.99. The lowest BCUT2D eigenvalue weighted by Gasteiger charge is -2.25. The Bertz CT molecular complexity index is 1420. The van der Waals surface area contributed by atoms with E-state index in [9.17, 15) is 9.59 Å². The van der Waals surface area contributed by atoms with Crippen molar-refractivity contribution in [3.8, 4) is 5.69 Å². The molecule has 2 aromatic carbocycles. The number of anilines is 1. The van der Waals surface area contributed by atoms with Crippen LogP contribution in [0.15, 0.2) is 42.5 Å². The second kappa shape index (κ2) is 11.4. The lowest BCUT2D eigenvalue weighted by molar-refractivity contribution is -0.123. The molecular weight excluding hydrogens is 520 g/mol. The number of carbonyl (C=O) groups is 2. The smallest absolute Gasteiger partial charge is 0.240 e. The highest BCUT2D eigenvalue weighted by Crippen LogP contribution is 2.48. The number of rotatable bonds is 6. The van der Waals surface area contributed by atoms with E-state index >= 15 is 0 Å². The van der Waals surface area contributed by atoms with E-state index in [-0.39, 0.29) is 40.9 Å². The number of aryl methyl sites for hydroxylation is 3. The van der Waals surface area contributed by atoms with Gasteiger partial charge in [0.2, 0.25) is 11.8 Å². The Morgan fingerprint density at radius 1 is 1.12 bits per heavy atom. The number of aromatic nitrogens is 2. The van der Waals surface area contributed by atoms with Gasteiger partial charge in [-0.05, 0) is 50.8 Å². The molecule has 212 valence electrons. The summed E-state index contributed by atoms with van der Waals surface area (Å²) in [6, 6.07) is 14.7. The van der Waals surface area contributed by atoms with Gasteiger partial charge in [0.05, 0.1) is 28.5 Å². The predicted octanol–water partition coefficient (Wildman–Crippen LogP) is 5.56. The van der Waals surface area contributed by atoms with Crippen LogP contribution in [0, 0.1) is 20.8 Å². The second-order valence-electron chi connectivity index (χ2n) is 12.1. The Balaban J connectivity index is 1.68. The average molecular weight is 561 g/mol. The number of amides is 2. The van der Waals surface area contributed by atoms with Gasteiger partial charge in [0.25, 0.3) is 0 Å². The molecule has 0 aliphatic carbocycles. The first-order valence-electron chi connectivity index (χ1n) is 14.1. The Morgan fingerprint density at radius 2 is 1.90 bits per heavy atom. The third kappa shape index (κ3) is 5.84. The van der Waals surface area contributed by atoms with Gasteiger partial charge in [-0.25, -0.2) is 4.68 Å². The summed E-state index contributed by atoms with van der Waals surface area (Å²) in [4.78, 5) is 28.8. The summed E-state index contributed by atoms with van der Waals surface area (Å²) < 4.78 is 7.60. The quantitative estimate of drug-likeness (QED) is 0.427. The van der Waals surface area contributed by atoms with E-state index in [0.717, 1.165) is 53.1 Å². The molecule has 2 atom stereocenters. The van der Waals surface area contributed by atoms with Crippen LogP contribution in [0.2, 0.25) is 0 Å². The van der Waals surface area contributed by atoms with Crippen molar-refractivity contribution in [1.82, 2.24) is 15.1 Å². The Labute approximate surface area is 241 Å². The van der Waals surface area contributed by atoms with Crippen molar-refractivity contribution in [3.05, 3.63) is 76.0 Å². The minimum atomic E-state index is -0.294. The molecular formula is C32H40N4O3S. The van der Waals surface area contributed by atoms with Crippen molar-refractivity contribution in [3.63, 3.8) is 0 Å². The van der Waals surface area contributed by atoms with E-state index in [2.05, 4.69) is 89.3 Å². The Hall–Kier alpha value is -3.10. The minimum absolute atomic E-state index is 0.0360. The van der Waals surface area contributed by atoms with Gasteiger partial charge in [-0.2, -0.15) is 5.10 Å². The SMILES string of the molecule is Cc1cccc([C@H]2SCC(=O)N(CC(=O)NC[C@@H]3CCCO3)c3c2c(C(C)(C)C)nn3-c2ccc(C)cc2C)c1. The van der Waals surface area contributed by atoms with E-state index in [0.29, 0.717) is 12.4 Å². The highest BCUT2D eigenvalue weighted by atomic mass is 32.2. The zero-order chi connectivity index (χ0) is 28.6. The molecule has 2 amide bonds. The maximum Gasteiger partial charge on any atom is 0.240 e. The molecule has 1 saturated heterocycles. The van der Waals surface area contributed by atoms with Crippen molar-refractivity contribution in [2.75, 3.05) is 30.3 Å². The maximum absolute atomic E-state index is 13.9. The van der Waals surface area contributed by atoms with Crippen LogP contribution in [0.4, 0.5) is 5.82 Å². The molecule has 40 heavy (non-hydrogen) atoms. The van der Waals surface area contributed by atoms with Crippen LogP contribution in [0.1, 0.15) is 72.4 Å². The number of ether oxygens (including phenoxy) is 1. The molecule has 0 radical (unpaired) electrons. The molecule has 0 bridgehead atoms. The van der Waals surface area contributed by atoms with Crippen molar-refractivity contribution >= 4 is 29.4 Å². The number of thioether (sulfide) groups is 1. The zero-order valence-electron chi connectivity index (χ0n) is 24.4. The molecule has 8 heteroatoms. The van der Waals surface area contributed by atoms with Gasteiger partial charge in [-0.1, -0.05) is 68.3 Å². The molecule has 1 N–H and O–H groups in total. The Kier molecular flexibility index (Phi) is 8.11. The summed E-state index contributed by atoms with van der Waals surface area (Å²) >= 11 is 1.61. The van der Waals surface area contributed by atoms with Gasteiger partial charge in [0.15, 0.2) is 0 Å². The van der Waals surface area contributed by atoms with Gasteiger partial charge >= 0.3 is 0 Å². The van der Waals surface area contributed by atoms with Gasteiger partial charge < -0.3 is 10.1 Å². The molecule has 7 nitrogen and oxygen atoms in total. The predicted molar refractivity (Wildman–Crippen MR) is 162 cm³/mol. The largest absolute Gasteiger partial charge is 0.376 e. The number of hydrogen-bond donors (Lipinski definition) is 1. The molecule has 0 unspecified atom stereocenters. The molecule has 0 spiro atoms. The highest BCUT2D eigenvalue weighted by molar-refractivity contribution is 8.00. The van der Waals surface area contributed by atoms with E-state index < -0.39 is 0 Å².